The molecule has 5 heteroatoms. The Morgan fingerprint density at radius 3 is 2.90 bits per heavy atom. The second-order valence-corrected chi connectivity index (χ2v) is 5.00. The third-order valence-electron chi connectivity index (χ3n) is 3.47. The van der Waals surface area contributed by atoms with Gasteiger partial charge in [-0.05, 0) is 29.8 Å². The fourth-order valence-corrected chi connectivity index (χ4v) is 2.34. The van der Waals surface area contributed by atoms with Crippen LogP contribution < -0.4 is 15.8 Å². The normalized spacial score (nSPS) is 16.1. The minimum absolute atomic E-state index is 0.0288. The van der Waals surface area contributed by atoms with E-state index in [9.17, 15) is 9.18 Å². The number of amides is 1. The van der Waals surface area contributed by atoms with Crippen molar-refractivity contribution in [3.63, 3.8) is 0 Å². The van der Waals surface area contributed by atoms with Gasteiger partial charge in [-0.3, -0.25) is 4.79 Å². The van der Waals surface area contributed by atoms with Gasteiger partial charge in [0.05, 0.1) is 12.2 Å². The molecule has 1 amide bonds. The number of nitrogens with one attached hydrogen (secondary N) is 1. The van der Waals surface area contributed by atoms with Crippen LogP contribution in [0, 0.1) is 5.82 Å². The van der Waals surface area contributed by atoms with Crippen LogP contribution in [-0.4, -0.2) is 18.6 Å². The molecule has 1 aliphatic rings. The van der Waals surface area contributed by atoms with E-state index < -0.39 is 5.82 Å². The molecule has 0 saturated carbocycles. The molecule has 3 N–H and O–H groups in total. The molecule has 0 saturated heterocycles. The van der Waals surface area contributed by atoms with Crippen molar-refractivity contribution in [3.05, 3.63) is 59.4 Å². The van der Waals surface area contributed by atoms with Crippen molar-refractivity contribution in [2.24, 2.45) is 0 Å². The smallest absolute Gasteiger partial charge is 0.251 e. The maximum absolute atomic E-state index is 13.3. The summed E-state index contributed by atoms with van der Waals surface area (Å²) in [6.07, 6.45) is 0.664. The lowest BCUT2D eigenvalue weighted by Gasteiger charge is -2.12. The van der Waals surface area contributed by atoms with Gasteiger partial charge < -0.3 is 15.8 Å². The molecule has 1 aliphatic heterocycles. The highest BCUT2D eigenvalue weighted by molar-refractivity contribution is 5.94. The van der Waals surface area contributed by atoms with E-state index in [1.165, 1.54) is 12.1 Å². The fourth-order valence-electron chi connectivity index (χ4n) is 2.34. The largest absolute Gasteiger partial charge is 0.488 e. The Kier molecular flexibility index (Phi) is 3.48. The molecule has 2 aromatic rings. The number of carbonyl (C=O) groups is 1. The number of rotatable bonds is 3. The van der Waals surface area contributed by atoms with Gasteiger partial charge in [0.15, 0.2) is 0 Å². The number of para-hydroxylation sites is 1. The molecule has 0 aromatic heterocycles. The van der Waals surface area contributed by atoms with Crippen molar-refractivity contribution >= 4 is 11.6 Å². The summed E-state index contributed by atoms with van der Waals surface area (Å²) in [5, 5.41) is 2.75. The first kappa shape index (κ1) is 13.4. The van der Waals surface area contributed by atoms with Gasteiger partial charge in [-0.2, -0.15) is 0 Å². The van der Waals surface area contributed by atoms with Crippen LogP contribution in [-0.2, 0) is 6.42 Å². The molecule has 3 rings (SSSR count). The number of anilines is 1. The van der Waals surface area contributed by atoms with Crippen LogP contribution in [0.4, 0.5) is 10.1 Å². The Bertz CT molecular complexity index is 663. The molecule has 21 heavy (non-hydrogen) atoms. The SMILES string of the molecule is Nc1ccc(C(=O)NCC2Cc3ccccc3O2)cc1F. The van der Waals surface area contributed by atoms with E-state index in [4.69, 9.17) is 10.5 Å². The third-order valence-corrected chi connectivity index (χ3v) is 3.47. The van der Waals surface area contributed by atoms with E-state index in [2.05, 4.69) is 5.32 Å². The monoisotopic (exact) mass is 286 g/mol. The zero-order valence-corrected chi connectivity index (χ0v) is 11.3. The molecule has 1 atom stereocenters. The number of hydrogen-bond acceptors (Lipinski definition) is 3. The second-order valence-electron chi connectivity index (χ2n) is 5.00. The molecule has 0 bridgehead atoms. The van der Waals surface area contributed by atoms with Gasteiger partial charge in [-0.25, -0.2) is 4.39 Å². The number of nitrogen functional groups attached to an aromatic ring is 1. The highest BCUT2D eigenvalue weighted by Gasteiger charge is 2.22. The molecular formula is C16H15FN2O2. The molecule has 0 radical (unpaired) electrons. The average molecular weight is 286 g/mol. The molecule has 1 heterocycles. The summed E-state index contributed by atoms with van der Waals surface area (Å²) < 4.78 is 19.1. The van der Waals surface area contributed by atoms with Crippen molar-refractivity contribution in [1.29, 1.82) is 0 Å². The Labute approximate surface area is 121 Å². The van der Waals surface area contributed by atoms with Crippen molar-refractivity contribution < 1.29 is 13.9 Å². The van der Waals surface area contributed by atoms with E-state index in [1.807, 2.05) is 24.3 Å². The van der Waals surface area contributed by atoms with E-state index in [0.717, 1.165) is 23.8 Å². The van der Waals surface area contributed by atoms with Gasteiger partial charge in [-0.1, -0.05) is 18.2 Å². The molecule has 4 nitrogen and oxygen atoms in total. The predicted molar refractivity (Wildman–Crippen MR) is 77.7 cm³/mol. The highest BCUT2D eigenvalue weighted by Crippen LogP contribution is 2.27. The fraction of sp³-hybridized carbons (Fsp3) is 0.188. The van der Waals surface area contributed by atoms with Crippen LogP contribution >= 0.6 is 0 Å². The first-order chi connectivity index (χ1) is 10.1. The summed E-state index contributed by atoms with van der Waals surface area (Å²) in [5.74, 6) is -0.0732. The Morgan fingerprint density at radius 2 is 2.14 bits per heavy atom. The van der Waals surface area contributed by atoms with Crippen LogP contribution in [0.1, 0.15) is 15.9 Å². The van der Waals surface area contributed by atoms with Crippen molar-refractivity contribution in [1.82, 2.24) is 5.32 Å². The van der Waals surface area contributed by atoms with Gasteiger partial charge >= 0.3 is 0 Å². The van der Waals surface area contributed by atoms with Crippen LogP contribution in [0.5, 0.6) is 5.75 Å². The van der Waals surface area contributed by atoms with E-state index >= 15 is 0 Å². The molecule has 0 aliphatic carbocycles. The number of hydrogen-bond donors (Lipinski definition) is 2. The summed E-state index contributed by atoms with van der Waals surface area (Å²) in [4.78, 5) is 12.0. The van der Waals surface area contributed by atoms with E-state index in [-0.39, 0.29) is 23.3 Å². The van der Waals surface area contributed by atoms with Gasteiger partial charge in [0.2, 0.25) is 0 Å². The minimum atomic E-state index is -0.591. The summed E-state index contributed by atoms with van der Waals surface area (Å²) in [7, 11) is 0. The topological polar surface area (TPSA) is 64.4 Å². The number of carbonyl (C=O) groups excluding carboxylic acids is 1. The maximum atomic E-state index is 13.3. The molecular weight excluding hydrogens is 271 g/mol. The lowest BCUT2D eigenvalue weighted by molar-refractivity contribution is 0.0933. The van der Waals surface area contributed by atoms with Gasteiger partial charge in [-0.15, -0.1) is 0 Å². The van der Waals surface area contributed by atoms with Crippen molar-refractivity contribution in [2.45, 2.75) is 12.5 Å². The van der Waals surface area contributed by atoms with Gasteiger partial charge in [0.1, 0.15) is 17.7 Å². The quantitative estimate of drug-likeness (QED) is 0.850. The molecule has 0 spiro atoms. The summed E-state index contributed by atoms with van der Waals surface area (Å²) in [6.45, 7) is 0.375. The molecule has 1 unspecified atom stereocenters. The summed E-state index contributed by atoms with van der Waals surface area (Å²) in [5.41, 5.74) is 6.80. The van der Waals surface area contributed by atoms with Crippen LogP contribution in [0.2, 0.25) is 0 Å². The third kappa shape index (κ3) is 2.81. The molecule has 108 valence electrons. The van der Waals surface area contributed by atoms with Crippen LogP contribution in [0.15, 0.2) is 42.5 Å². The lowest BCUT2D eigenvalue weighted by Crippen LogP contribution is -2.34. The first-order valence-corrected chi connectivity index (χ1v) is 6.71. The van der Waals surface area contributed by atoms with E-state index in [0.29, 0.717) is 6.54 Å². The Balaban J connectivity index is 1.59. The molecule has 2 aromatic carbocycles. The molecule has 0 fully saturated rings. The zero-order chi connectivity index (χ0) is 14.8. The zero-order valence-electron chi connectivity index (χ0n) is 11.3. The maximum Gasteiger partial charge on any atom is 0.251 e. The number of halogens is 1. The standard InChI is InChI=1S/C16H15FN2O2/c17-13-8-11(5-6-14(13)18)16(20)19-9-12-7-10-3-1-2-4-15(10)21-12/h1-6,8,12H,7,9,18H2,(H,19,20). The summed E-state index contributed by atoms with van der Waals surface area (Å²) in [6, 6.07) is 11.8. The van der Waals surface area contributed by atoms with Crippen LogP contribution in [0.3, 0.4) is 0 Å². The highest BCUT2D eigenvalue weighted by atomic mass is 19.1. The number of benzene rings is 2. The number of ether oxygens (including phenoxy) is 1. The summed E-state index contributed by atoms with van der Waals surface area (Å²) >= 11 is 0. The second kappa shape index (κ2) is 5.44. The van der Waals surface area contributed by atoms with Crippen LogP contribution in [0.25, 0.3) is 0 Å². The van der Waals surface area contributed by atoms with Crippen molar-refractivity contribution in [2.75, 3.05) is 12.3 Å². The Hall–Kier alpha value is -2.56. The Morgan fingerprint density at radius 1 is 1.33 bits per heavy atom. The number of fused-ring (bicyclic) bond motifs is 1. The van der Waals surface area contributed by atoms with Gasteiger partial charge in [0, 0.05) is 12.0 Å². The van der Waals surface area contributed by atoms with E-state index in [1.54, 1.807) is 0 Å². The lowest BCUT2D eigenvalue weighted by atomic mass is 10.1. The predicted octanol–water partition coefficient (Wildman–Crippen LogP) is 2.14. The van der Waals surface area contributed by atoms with Crippen molar-refractivity contribution in [3.8, 4) is 5.75 Å². The first-order valence-electron chi connectivity index (χ1n) is 6.71. The minimum Gasteiger partial charge on any atom is -0.488 e. The van der Waals surface area contributed by atoms with Gasteiger partial charge in [0.25, 0.3) is 5.91 Å². The number of nitrogens with two attached hydrogens (primary N) is 1. The average Bonchev–Trinajstić information content (AvgIpc) is 2.90.